The molecule has 2 aromatic rings. The quantitative estimate of drug-likeness (QED) is 0.413. The Morgan fingerprint density at radius 3 is 2.44 bits per heavy atom. The van der Waals surface area contributed by atoms with Gasteiger partial charge in [-0.3, -0.25) is 9.67 Å². The van der Waals surface area contributed by atoms with E-state index < -0.39 is 0 Å². The van der Waals surface area contributed by atoms with Crippen molar-refractivity contribution < 1.29 is 0 Å². The molecule has 4 rings (SSSR count). The molecule has 1 aliphatic carbocycles. The van der Waals surface area contributed by atoms with E-state index in [1.54, 1.807) is 0 Å². The minimum atomic E-state index is 0. The van der Waals surface area contributed by atoms with Crippen molar-refractivity contribution in [3.63, 3.8) is 0 Å². The molecule has 146 valence electrons. The maximum absolute atomic E-state index is 4.56. The van der Waals surface area contributed by atoms with Crippen LogP contribution in [-0.2, 0) is 13.1 Å². The van der Waals surface area contributed by atoms with Crippen LogP contribution in [0.5, 0.6) is 0 Å². The van der Waals surface area contributed by atoms with Crippen LogP contribution < -0.4 is 5.32 Å². The van der Waals surface area contributed by atoms with Crippen molar-refractivity contribution >= 4 is 29.9 Å². The third-order valence-electron chi connectivity index (χ3n) is 5.93. The van der Waals surface area contributed by atoms with Gasteiger partial charge in [-0.05, 0) is 41.9 Å². The first-order chi connectivity index (χ1) is 12.8. The van der Waals surface area contributed by atoms with Crippen LogP contribution in [0.25, 0.3) is 0 Å². The Labute approximate surface area is 179 Å². The first kappa shape index (κ1) is 20.2. The zero-order valence-electron chi connectivity index (χ0n) is 16.1. The van der Waals surface area contributed by atoms with Gasteiger partial charge in [0, 0.05) is 39.1 Å². The van der Waals surface area contributed by atoms with Gasteiger partial charge in [0.1, 0.15) is 0 Å². The van der Waals surface area contributed by atoms with Crippen LogP contribution in [0.3, 0.4) is 0 Å². The lowest BCUT2D eigenvalue weighted by atomic mass is 9.82. The highest BCUT2D eigenvalue weighted by molar-refractivity contribution is 14.0. The molecule has 2 atom stereocenters. The Kier molecular flexibility index (Phi) is 7.15. The number of nitrogens with one attached hydrogen (secondary N) is 1. The van der Waals surface area contributed by atoms with Gasteiger partial charge in [-0.25, -0.2) is 0 Å². The summed E-state index contributed by atoms with van der Waals surface area (Å²) in [6.45, 7) is 3.94. The van der Waals surface area contributed by atoms with Gasteiger partial charge in [-0.2, -0.15) is 5.10 Å². The second kappa shape index (κ2) is 9.57. The van der Waals surface area contributed by atoms with Gasteiger partial charge in [0.2, 0.25) is 0 Å². The normalized spacial score (nSPS) is 22.3. The van der Waals surface area contributed by atoms with E-state index in [0.29, 0.717) is 0 Å². The van der Waals surface area contributed by atoms with Gasteiger partial charge in [-0.15, -0.1) is 24.0 Å². The van der Waals surface area contributed by atoms with Gasteiger partial charge in [0.25, 0.3) is 0 Å². The maximum Gasteiger partial charge on any atom is 0.193 e. The summed E-state index contributed by atoms with van der Waals surface area (Å²) in [6, 6.07) is 10.6. The molecule has 0 spiro atoms. The Bertz CT molecular complexity index is 729. The van der Waals surface area contributed by atoms with E-state index in [1.807, 2.05) is 30.2 Å². The molecule has 27 heavy (non-hydrogen) atoms. The van der Waals surface area contributed by atoms with Crippen molar-refractivity contribution in [3.8, 4) is 0 Å². The second-order valence-corrected chi connectivity index (χ2v) is 7.58. The van der Waals surface area contributed by atoms with E-state index in [9.17, 15) is 0 Å². The lowest BCUT2D eigenvalue weighted by molar-refractivity contribution is 0.299. The fourth-order valence-corrected chi connectivity index (χ4v) is 4.54. The molecule has 1 aromatic carbocycles. The summed E-state index contributed by atoms with van der Waals surface area (Å²) in [5, 5.41) is 7.94. The van der Waals surface area contributed by atoms with Crippen LogP contribution in [0, 0.1) is 11.8 Å². The van der Waals surface area contributed by atoms with Crippen LogP contribution in [0.15, 0.2) is 47.7 Å². The van der Waals surface area contributed by atoms with E-state index in [1.165, 1.54) is 49.9 Å². The molecule has 0 amide bonds. The lowest BCUT2D eigenvalue weighted by Gasteiger charge is -2.22. The summed E-state index contributed by atoms with van der Waals surface area (Å²) < 4.78 is 1.97. The molecular formula is C21H30IN5. The molecule has 2 heterocycles. The summed E-state index contributed by atoms with van der Waals surface area (Å²) in [4.78, 5) is 7.03. The zero-order chi connectivity index (χ0) is 17.8. The number of likely N-dealkylation sites (tertiary alicyclic amines) is 1. The van der Waals surface area contributed by atoms with Crippen molar-refractivity contribution in [2.45, 2.75) is 38.8 Å². The van der Waals surface area contributed by atoms with Crippen LogP contribution in [0.1, 0.15) is 36.8 Å². The van der Waals surface area contributed by atoms with Crippen molar-refractivity contribution in [2.24, 2.45) is 16.8 Å². The number of rotatable bonds is 4. The monoisotopic (exact) mass is 479 g/mol. The van der Waals surface area contributed by atoms with Gasteiger partial charge < -0.3 is 10.2 Å². The van der Waals surface area contributed by atoms with Crippen molar-refractivity contribution in [3.05, 3.63) is 53.9 Å². The predicted octanol–water partition coefficient (Wildman–Crippen LogP) is 3.75. The summed E-state index contributed by atoms with van der Waals surface area (Å²) in [5.41, 5.74) is 2.61. The molecule has 1 N–H and O–H groups in total. The molecule has 1 aliphatic heterocycles. The van der Waals surface area contributed by atoms with E-state index >= 15 is 0 Å². The summed E-state index contributed by atoms with van der Waals surface area (Å²) in [7, 11) is 1.90. The number of guanidine groups is 1. The smallest absolute Gasteiger partial charge is 0.193 e. The van der Waals surface area contributed by atoms with E-state index in [2.05, 4.69) is 44.6 Å². The number of aliphatic imine (C=N–C) groups is 1. The average Bonchev–Trinajstić information content (AvgIpc) is 3.33. The SMILES string of the molecule is CN=C(NCc1ccccc1Cn1cccn1)N1CC2CCCCC2C1.I. The highest BCUT2D eigenvalue weighted by Crippen LogP contribution is 2.35. The molecule has 2 aliphatic rings. The van der Waals surface area contributed by atoms with Gasteiger partial charge in [0.15, 0.2) is 5.96 Å². The van der Waals surface area contributed by atoms with Gasteiger partial charge in [0.05, 0.1) is 6.54 Å². The van der Waals surface area contributed by atoms with Crippen molar-refractivity contribution in [1.82, 2.24) is 20.0 Å². The van der Waals surface area contributed by atoms with Crippen LogP contribution >= 0.6 is 24.0 Å². The number of benzene rings is 1. The molecule has 0 radical (unpaired) electrons. The predicted molar refractivity (Wildman–Crippen MR) is 120 cm³/mol. The van der Waals surface area contributed by atoms with Crippen molar-refractivity contribution in [2.75, 3.05) is 20.1 Å². The van der Waals surface area contributed by atoms with E-state index in [0.717, 1.165) is 30.9 Å². The van der Waals surface area contributed by atoms with Crippen molar-refractivity contribution in [1.29, 1.82) is 0 Å². The highest BCUT2D eigenvalue weighted by atomic mass is 127. The standard InChI is InChI=1S/C21H29N5.HI/c1-22-21(25-14-18-8-4-5-9-19(18)15-25)23-13-17-7-2-3-10-20(17)16-26-12-6-11-24-26;/h2-3,6-7,10-12,18-19H,4-5,8-9,13-16H2,1H3,(H,22,23);1H. The third-order valence-corrected chi connectivity index (χ3v) is 5.93. The van der Waals surface area contributed by atoms with E-state index in [-0.39, 0.29) is 24.0 Å². The summed E-state index contributed by atoms with van der Waals surface area (Å²) in [5.74, 6) is 2.79. The molecule has 1 saturated carbocycles. The molecule has 5 nitrogen and oxygen atoms in total. The molecule has 0 bridgehead atoms. The maximum atomic E-state index is 4.56. The first-order valence-electron chi connectivity index (χ1n) is 9.83. The number of aromatic nitrogens is 2. The number of hydrogen-bond donors (Lipinski definition) is 1. The number of nitrogens with zero attached hydrogens (tertiary/aromatic N) is 4. The number of halogens is 1. The van der Waals surface area contributed by atoms with E-state index in [4.69, 9.17) is 0 Å². The molecule has 2 fully saturated rings. The van der Waals surface area contributed by atoms with Gasteiger partial charge >= 0.3 is 0 Å². The second-order valence-electron chi connectivity index (χ2n) is 7.58. The zero-order valence-corrected chi connectivity index (χ0v) is 18.4. The Morgan fingerprint density at radius 1 is 1.11 bits per heavy atom. The number of fused-ring (bicyclic) bond motifs is 1. The molecule has 1 aromatic heterocycles. The minimum Gasteiger partial charge on any atom is -0.352 e. The number of hydrogen-bond acceptors (Lipinski definition) is 2. The molecule has 1 saturated heterocycles. The first-order valence-corrected chi connectivity index (χ1v) is 9.83. The summed E-state index contributed by atoms with van der Waals surface area (Å²) in [6.07, 6.45) is 9.43. The van der Waals surface area contributed by atoms with Gasteiger partial charge in [-0.1, -0.05) is 37.1 Å². The average molecular weight is 479 g/mol. The largest absolute Gasteiger partial charge is 0.352 e. The topological polar surface area (TPSA) is 45.5 Å². The molecule has 6 heteroatoms. The van der Waals surface area contributed by atoms with Crippen LogP contribution in [0.4, 0.5) is 0 Å². The van der Waals surface area contributed by atoms with Crippen LogP contribution in [0.2, 0.25) is 0 Å². The third kappa shape index (κ3) is 4.83. The van der Waals surface area contributed by atoms with Crippen LogP contribution in [-0.4, -0.2) is 40.8 Å². The summed E-state index contributed by atoms with van der Waals surface area (Å²) >= 11 is 0. The Morgan fingerprint density at radius 2 is 1.81 bits per heavy atom. The fraction of sp³-hybridized carbons (Fsp3) is 0.524. The Hall–Kier alpha value is -1.57. The highest BCUT2D eigenvalue weighted by Gasteiger charge is 2.35. The molecular weight excluding hydrogens is 449 g/mol. The Balaban J connectivity index is 0.00000210. The fourth-order valence-electron chi connectivity index (χ4n) is 4.54. The molecule has 2 unspecified atom stereocenters. The lowest BCUT2D eigenvalue weighted by Crippen LogP contribution is -2.40. The minimum absolute atomic E-state index is 0.